The van der Waals surface area contributed by atoms with Gasteiger partial charge in [-0.1, -0.05) is 0 Å². The molecule has 0 atom stereocenters. The lowest BCUT2D eigenvalue weighted by Gasteiger charge is -2.37. The zero-order valence-electron chi connectivity index (χ0n) is 20.3. The van der Waals surface area contributed by atoms with E-state index in [-0.39, 0.29) is 11.7 Å². The molecule has 0 bridgehead atoms. The van der Waals surface area contributed by atoms with Gasteiger partial charge in [0.05, 0.1) is 12.8 Å². The number of piperazine rings is 1. The average molecular weight is 461 g/mol. The number of pyridine rings is 1. The molecule has 1 saturated heterocycles. The van der Waals surface area contributed by atoms with Gasteiger partial charge in [-0.3, -0.25) is 0 Å². The van der Waals surface area contributed by atoms with Crippen LogP contribution < -0.4 is 4.90 Å². The fourth-order valence-corrected chi connectivity index (χ4v) is 3.57. The van der Waals surface area contributed by atoms with Gasteiger partial charge in [-0.05, 0) is 47.6 Å². The van der Waals surface area contributed by atoms with Gasteiger partial charge in [0.15, 0.2) is 5.65 Å². The third kappa shape index (κ3) is 5.55. The van der Waals surface area contributed by atoms with Crippen LogP contribution in [0.5, 0.6) is 0 Å². The van der Waals surface area contributed by atoms with Crippen LogP contribution in [-0.2, 0) is 14.2 Å². The molecule has 3 heterocycles. The highest BCUT2D eigenvalue weighted by molar-refractivity contribution is 6.06. The van der Waals surface area contributed by atoms with Crippen molar-refractivity contribution in [3.8, 4) is 0 Å². The molecule has 1 aliphatic heterocycles. The van der Waals surface area contributed by atoms with E-state index in [2.05, 4.69) is 4.98 Å². The van der Waals surface area contributed by atoms with Gasteiger partial charge in [0.2, 0.25) is 0 Å². The molecule has 0 aromatic carbocycles. The lowest BCUT2D eigenvalue weighted by molar-refractivity contribution is 0.0239. The summed E-state index contributed by atoms with van der Waals surface area (Å²) >= 11 is 0. The van der Waals surface area contributed by atoms with Crippen LogP contribution >= 0.6 is 0 Å². The summed E-state index contributed by atoms with van der Waals surface area (Å²) in [7, 11) is 1.31. The first-order chi connectivity index (χ1) is 15.3. The predicted octanol–water partition coefficient (Wildman–Crippen LogP) is 3.66. The summed E-state index contributed by atoms with van der Waals surface area (Å²) in [4.78, 5) is 45.6. The van der Waals surface area contributed by atoms with Gasteiger partial charge in [-0.15, -0.1) is 0 Å². The minimum Gasteiger partial charge on any atom is -0.465 e. The van der Waals surface area contributed by atoms with Crippen molar-refractivity contribution in [3.63, 3.8) is 0 Å². The highest BCUT2D eigenvalue weighted by Gasteiger charge is 2.30. The maximum Gasteiger partial charge on any atom is 0.420 e. The number of amides is 1. The second kappa shape index (κ2) is 8.92. The van der Waals surface area contributed by atoms with E-state index in [0.29, 0.717) is 42.9 Å². The maximum atomic E-state index is 12.7. The lowest BCUT2D eigenvalue weighted by atomic mass is 10.1. The van der Waals surface area contributed by atoms with E-state index in [9.17, 15) is 14.4 Å². The van der Waals surface area contributed by atoms with Crippen LogP contribution in [0.2, 0.25) is 0 Å². The van der Waals surface area contributed by atoms with Gasteiger partial charge < -0.3 is 24.0 Å². The third-order valence-corrected chi connectivity index (χ3v) is 4.93. The quantitative estimate of drug-likeness (QED) is 0.494. The number of fused-ring (bicyclic) bond motifs is 1. The molecule has 180 valence electrons. The van der Waals surface area contributed by atoms with E-state index in [1.807, 2.05) is 25.7 Å². The molecule has 1 fully saturated rings. The van der Waals surface area contributed by atoms with Crippen LogP contribution in [-0.4, -0.2) is 77.1 Å². The Morgan fingerprint density at radius 1 is 0.909 bits per heavy atom. The molecule has 2 aromatic heterocycles. The smallest absolute Gasteiger partial charge is 0.420 e. The Labute approximate surface area is 193 Å². The number of carbonyl (C=O) groups excluding carboxylic acids is 3. The number of anilines is 1. The van der Waals surface area contributed by atoms with Crippen LogP contribution in [0, 0.1) is 0 Å². The monoisotopic (exact) mass is 460 g/mol. The summed E-state index contributed by atoms with van der Waals surface area (Å²) in [6.07, 6.45) is 2.06. The molecule has 0 spiro atoms. The highest BCUT2D eigenvalue weighted by Crippen LogP contribution is 2.32. The molecule has 3 rings (SSSR count). The van der Waals surface area contributed by atoms with Crippen molar-refractivity contribution in [2.24, 2.45) is 0 Å². The molecular weight excluding hydrogens is 428 g/mol. The van der Waals surface area contributed by atoms with E-state index < -0.39 is 23.3 Å². The topological polar surface area (TPSA) is 103 Å². The first-order valence-electron chi connectivity index (χ1n) is 10.9. The Morgan fingerprint density at radius 3 is 2.03 bits per heavy atom. The SMILES string of the molecule is COC(=O)c1cnc2c(ccn2C(=O)OC(C)(C)C)c1N1CCN(C(=O)OC(C)(C)C)CC1. The van der Waals surface area contributed by atoms with Crippen LogP contribution in [0.1, 0.15) is 51.9 Å². The van der Waals surface area contributed by atoms with Gasteiger partial charge in [0.25, 0.3) is 0 Å². The number of aromatic nitrogens is 2. The van der Waals surface area contributed by atoms with Crippen LogP contribution in [0.3, 0.4) is 0 Å². The summed E-state index contributed by atoms with van der Waals surface area (Å²) in [6, 6.07) is 1.73. The van der Waals surface area contributed by atoms with Crippen molar-refractivity contribution in [1.82, 2.24) is 14.5 Å². The van der Waals surface area contributed by atoms with E-state index >= 15 is 0 Å². The van der Waals surface area contributed by atoms with Gasteiger partial charge in [0, 0.05) is 44.0 Å². The van der Waals surface area contributed by atoms with E-state index in [0.717, 1.165) is 0 Å². The number of rotatable bonds is 2. The fraction of sp³-hybridized carbons (Fsp3) is 0.565. The number of nitrogens with zero attached hydrogens (tertiary/aromatic N) is 4. The maximum absolute atomic E-state index is 12.7. The number of methoxy groups -OCH3 is 1. The Kier molecular flexibility index (Phi) is 6.58. The van der Waals surface area contributed by atoms with E-state index in [1.165, 1.54) is 17.9 Å². The minimum atomic E-state index is -0.666. The van der Waals surface area contributed by atoms with Crippen LogP contribution in [0.25, 0.3) is 11.0 Å². The Balaban J connectivity index is 1.93. The van der Waals surface area contributed by atoms with E-state index in [1.54, 1.807) is 37.9 Å². The van der Waals surface area contributed by atoms with Gasteiger partial charge in [-0.25, -0.2) is 23.9 Å². The summed E-state index contributed by atoms with van der Waals surface area (Å²) < 4.78 is 17.2. The molecule has 0 unspecified atom stereocenters. The minimum absolute atomic E-state index is 0.289. The van der Waals surface area contributed by atoms with Crippen molar-refractivity contribution in [3.05, 3.63) is 24.0 Å². The predicted molar refractivity (Wildman–Crippen MR) is 123 cm³/mol. The zero-order valence-corrected chi connectivity index (χ0v) is 20.3. The second-order valence-electron chi connectivity index (χ2n) is 9.87. The third-order valence-electron chi connectivity index (χ3n) is 4.93. The number of hydrogen-bond donors (Lipinski definition) is 0. The molecule has 0 N–H and O–H groups in total. The average Bonchev–Trinajstić information content (AvgIpc) is 3.14. The fourth-order valence-electron chi connectivity index (χ4n) is 3.57. The van der Waals surface area contributed by atoms with Gasteiger partial charge in [0.1, 0.15) is 16.8 Å². The molecular formula is C23H32N4O6. The van der Waals surface area contributed by atoms with Crippen molar-refractivity contribution in [1.29, 1.82) is 0 Å². The molecule has 0 radical (unpaired) electrons. The Morgan fingerprint density at radius 2 is 1.48 bits per heavy atom. The largest absolute Gasteiger partial charge is 0.465 e. The normalized spacial score (nSPS) is 14.9. The summed E-state index contributed by atoms with van der Waals surface area (Å²) in [5.41, 5.74) is 0.0336. The Hall–Kier alpha value is -3.30. The summed E-state index contributed by atoms with van der Waals surface area (Å²) in [5.74, 6) is -0.529. The first-order valence-corrected chi connectivity index (χ1v) is 10.9. The van der Waals surface area contributed by atoms with Gasteiger partial charge >= 0.3 is 18.2 Å². The second-order valence-corrected chi connectivity index (χ2v) is 9.87. The number of ether oxygens (including phenoxy) is 3. The molecule has 2 aromatic rings. The van der Waals surface area contributed by atoms with Gasteiger partial charge in [-0.2, -0.15) is 0 Å². The number of carbonyl (C=O) groups is 3. The van der Waals surface area contributed by atoms with Crippen molar-refractivity contribution < 1.29 is 28.6 Å². The molecule has 0 aliphatic carbocycles. The van der Waals surface area contributed by atoms with Crippen molar-refractivity contribution >= 4 is 34.9 Å². The van der Waals surface area contributed by atoms with Crippen molar-refractivity contribution in [2.45, 2.75) is 52.7 Å². The van der Waals surface area contributed by atoms with Crippen LogP contribution in [0.4, 0.5) is 15.3 Å². The zero-order chi connectivity index (χ0) is 24.6. The molecule has 1 aliphatic rings. The van der Waals surface area contributed by atoms with E-state index in [4.69, 9.17) is 14.2 Å². The van der Waals surface area contributed by atoms with Crippen molar-refractivity contribution in [2.75, 3.05) is 38.2 Å². The molecule has 10 nitrogen and oxygen atoms in total. The molecule has 10 heteroatoms. The highest BCUT2D eigenvalue weighted by atomic mass is 16.6. The number of hydrogen-bond acceptors (Lipinski definition) is 8. The molecule has 33 heavy (non-hydrogen) atoms. The summed E-state index contributed by atoms with van der Waals surface area (Å²) in [6.45, 7) is 12.6. The summed E-state index contributed by atoms with van der Waals surface area (Å²) in [5, 5.41) is 0.620. The lowest BCUT2D eigenvalue weighted by Crippen LogP contribution is -2.50. The number of esters is 1. The Bertz CT molecular complexity index is 1060. The first kappa shape index (κ1) is 24.3. The van der Waals surface area contributed by atoms with Crippen LogP contribution in [0.15, 0.2) is 18.5 Å². The molecule has 0 saturated carbocycles. The standard InChI is InChI=1S/C23H32N4O6/c1-22(2,3)32-20(29)26-12-10-25(11-13-26)17-15-8-9-27(21(30)33-23(4,5)6)18(15)24-14-16(17)19(28)31-7/h8-9,14H,10-13H2,1-7H3. The molecule has 1 amide bonds.